The second-order valence-corrected chi connectivity index (χ2v) is 11.8. The van der Waals surface area contributed by atoms with Crippen molar-refractivity contribution in [2.24, 2.45) is 7.05 Å². The smallest absolute Gasteiger partial charge is 0.340 e. The highest BCUT2D eigenvalue weighted by Crippen LogP contribution is 2.44. The van der Waals surface area contributed by atoms with Gasteiger partial charge in [0.1, 0.15) is 5.65 Å². The molecule has 0 N–H and O–H groups in total. The molecule has 1 atom stereocenters. The Labute approximate surface area is 236 Å². The summed E-state index contributed by atoms with van der Waals surface area (Å²) in [5.41, 5.74) is 6.97. The van der Waals surface area contributed by atoms with Crippen molar-refractivity contribution in [1.82, 2.24) is 19.3 Å². The maximum absolute atomic E-state index is 13.4. The lowest BCUT2D eigenvalue weighted by Crippen LogP contribution is -2.30. The van der Waals surface area contributed by atoms with Gasteiger partial charge in [0.15, 0.2) is 6.10 Å². The first-order valence-corrected chi connectivity index (χ1v) is 13.8. The predicted molar refractivity (Wildman–Crippen MR) is 156 cm³/mol. The Hall–Kier alpha value is -3.16. The first-order valence-electron chi connectivity index (χ1n) is 13.4. The van der Waals surface area contributed by atoms with Crippen LogP contribution in [0.2, 0.25) is 5.02 Å². The van der Waals surface area contributed by atoms with E-state index in [2.05, 4.69) is 30.4 Å². The van der Waals surface area contributed by atoms with Gasteiger partial charge >= 0.3 is 5.97 Å². The summed E-state index contributed by atoms with van der Waals surface area (Å²) in [6.45, 7) is 17.0. The molecule has 7 nitrogen and oxygen atoms in total. The summed E-state index contributed by atoms with van der Waals surface area (Å²) in [6.07, 6.45) is 2.97. The highest BCUT2D eigenvalue weighted by Gasteiger charge is 2.35. The van der Waals surface area contributed by atoms with Crippen molar-refractivity contribution in [1.29, 1.82) is 0 Å². The van der Waals surface area contributed by atoms with Crippen molar-refractivity contribution < 1.29 is 14.3 Å². The van der Waals surface area contributed by atoms with Crippen LogP contribution in [0.1, 0.15) is 81.6 Å². The Kier molecular flexibility index (Phi) is 8.24. The van der Waals surface area contributed by atoms with E-state index in [-0.39, 0.29) is 12.5 Å². The maximum atomic E-state index is 13.4. The van der Waals surface area contributed by atoms with E-state index < -0.39 is 17.7 Å². The molecular weight excluding hydrogens is 512 g/mol. The zero-order valence-corrected chi connectivity index (χ0v) is 25.2. The minimum absolute atomic E-state index is 0.240. The molecule has 0 saturated carbocycles. The number of pyridine rings is 1. The molecule has 1 aromatic carbocycles. The number of fused-ring (bicyclic) bond motifs is 1. The average molecular weight is 551 g/mol. The third-order valence-corrected chi connectivity index (χ3v) is 6.98. The van der Waals surface area contributed by atoms with Crippen LogP contribution in [-0.2, 0) is 27.9 Å². The van der Waals surface area contributed by atoms with Crippen molar-refractivity contribution >= 4 is 28.6 Å². The number of esters is 1. The van der Waals surface area contributed by atoms with Crippen molar-refractivity contribution in [3.63, 3.8) is 0 Å². The normalized spacial score (nSPS) is 12.9. The number of nitrogens with zero attached hydrogens (tertiary/aromatic N) is 4. The second-order valence-electron chi connectivity index (χ2n) is 11.3. The second kappa shape index (κ2) is 11.1. The predicted octanol–water partition coefficient (Wildman–Crippen LogP) is 7.30. The molecule has 208 valence electrons. The van der Waals surface area contributed by atoms with Gasteiger partial charge in [0.25, 0.3) is 0 Å². The average Bonchev–Trinajstić information content (AvgIpc) is 3.37. The Morgan fingerprint density at radius 2 is 1.79 bits per heavy atom. The summed E-state index contributed by atoms with van der Waals surface area (Å²) in [6, 6.07) is 7.73. The molecule has 0 saturated heterocycles. The van der Waals surface area contributed by atoms with Crippen LogP contribution in [0.3, 0.4) is 0 Å². The molecule has 0 spiro atoms. The largest absolute Gasteiger partial charge is 0.464 e. The molecule has 39 heavy (non-hydrogen) atoms. The lowest BCUT2D eigenvalue weighted by atomic mass is 9.90. The van der Waals surface area contributed by atoms with Gasteiger partial charge < -0.3 is 14.0 Å². The molecule has 3 aromatic heterocycles. The van der Waals surface area contributed by atoms with Crippen LogP contribution in [0, 0.1) is 13.8 Å². The van der Waals surface area contributed by atoms with E-state index in [0.717, 1.165) is 44.5 Å². The molecule has 0 aliphatic rings. The van der Waals surface area contributed by atoms with Gasteiger partial charge in [-0.2, -0.15) is 5.10 Å². The minimum atomic E-state index is -0.948. The minimum Gasteiger partial charge on any atom is -0.464 e. The summed E-state index contributed by atoms with van der Waals surface area (Å²) < 4.78 is 16.0. The highest BCUT2D eigenvalue weighted by atomic mass is 35.5. The van der Waals surface area contributed by atoms with Crippen molar-refractivity contribution in [3.05, 3.63) is 69.8 Å². The number of benzene rings is 1. The topological polar surface area (TPSA) is 71.2 Å². The third-order valence-electron chi connectivity index (χ3n) is 6.73. The fourth-order valence-electron chi connectivity index (χ4n) is 5.37. The van der Waals surface area contributed by atoms with E-state index in [9.17, 15) is 4.79 Å². The third kappa shape index (κ3) is 5.89. The van der Waals surface area contributed by atoms with Crippen LogP contribution < -0.4 is 0 Å². The number of hydrogen-bond acceptors (Lipinski definition) is 5. The lowest BCUT2D eigenvalue weighted by Gasteiger charge is -2.29. The monoisotopic (exact) mass is 550 g/mol. The van der Waals surface area contributed by atoms with Gasteiger partial charge in [-0.1, -0.05) is 37.6 Å². The van der Waals surface area contributed by atoms with E-state index >= 15 is 0 Å². The fraction of sp³-hybridized carbons (Fsp3) is 0.452. The first kappa shape index (κ1) is 28.8. The van der Waals surface area contributed by atoms with E-state index in [4.69, 9.17) is 26.1 Å². The molecule has 4 aromatic rings. The number of ether oxygens (including phenoxy) is 2. The first-order chi connectivity index (χ1) is 18.3. The van der Waals surface area contributed by atoms with Crippen LogP contribution >= 0.6 is 11.6 Å². The van der Waals surface area contributed by atoms with Gasteiger partial charge in [0.2, 0.25) is 0 Å². The zero-order valence-electron chi connectivity index (χ0n) is 24.4. The number of aryl methyl sites for hydroxylation is 3. The van der Waals surface area contributed by atoms with Gasteiger partial charge in [0.05, 0.1) is 24.9 Å². The summed E-state index contributed by atoms with van der Waals surface area (Å²) in [4.78, 5) is 18.6. The summed E-state index contributed by atoms with van der Waals surface area (Å²) >= 11 is 6.30. The number of hydrogen-bond donors (Lipinski definition) is 0. The van der Waals surface area contributed by atoms with E-state index in [0.29, 0.717) is 11.6 Å². The Morgan fingerprint density at radius 3 is 2.33 bits per heavy atom. The Balaban J connectivity index is 2.13. The summed E-state index contributed by atoms with van der Waals surface area (Å²) in [5, 5.41) is 6.02. The van der Waals surface area contributed by atoms with Gasteiger partial charge in [-0.05, 0) is 70.7 Å². The quantitative estimate of drug-likeness (QED) is 0.215. The van der Waals surface area contributed by atoms with Crippen LogP contribution in [0.25, 0.3) is 22.2 Å². The number of carbonyl (C=O) groups is 1. The van der Waals surface area contributed by atoms with Crippen molar-refractivity contribution in [2.45, 2.75) is 79.6 Å². The van der Waals surface area contributed by atoms with Crippen LogP contribution in [0.15, 0.2) is 36.7 Å². The number of carbonyl (C=O) groups excluding carboxylic acids is 1. The fourth-order valence-corrected chi connectivity index (χ4v) is 5.50. The van der Waals surface area contributed by atoms with E-state index in [1.807, 2.05) is 76.1 Å². The molecule has 0 amide bonds. The SMILES string of the molecule is CCOC(=O)[C@@H](OC(C)(C)C)c1c(C)nc2c(c(C)c(C(C)C)n2Cc2cnn(C)c2)c1-c1ccc(Cl)cc1. The molecule has 0 aliphatic heterocycles. The zero-order chi connectivity index (χ0) is 28.6. The van der Waals surface area contributed by atoms with Crippen LogP contribution in [0.4, 0.5) is 0 Å². The number of halogens is 1. The number of aromatic nitrogens is 4. The summed E-state index contributed by atoms with van der Waals surface area (Å²) in [5.74, 6) is -0.187. The molecule has 3 heterocycles. The molecule has 0 bridgehead atoms. The van der Waals surface area contributed by atoms with Gasteiger partial charge in [0, 0.05) is 51.7 Å². The Morgan fingerprint density at radius 1 is 1.13 bits per heavy atom. The van der Waals surface area contributed by atoms with Gasteiger partial charge in [-0.15, -0.1) is 0 Å². The molecule has 8 heteroatoms. The van der Waals surface area contributed by atoms with Gasteiger partial charge in [-0.3, -0.25) is 4.68 Å². The molecule has 4 rings (SSSR count). The Bertz CT molecular complexity index is 1490. The van der Waals surface area contributed by atoms with Crippen LogP contribution in [-0.4, -0.2) is 37.5 Å². The van der Waals surface area contributed by atoms with Gasteiger partial charge in [-0.25, -0.2) is 9.78 Å². The van der Waals surface area contributed by atoms with E-state index in [1.165, 1.54) is 5.69 Å². The lowest BCUT2D eigenvalue weighted by molar-refractivity contribution is -0.166. The summed E-state index contributed by atoms with van der Waals surface area (Å²) in [7, 11) is 1.92. The van der Waals surface area contributed by atoms with Crippen LogP contribution in [0.5, 0.6) is 0 Å². The molecule has 0 aliphatic carbocycles. The molecule has 0 radical (unpaired) electrons. The molecular formula is C31H39ClN4O3. The van der Waals surface area contributed by atoms with Crippen molar-refractivity contribution in [2.75, 3.05) is 6.61 Å². The molecule has 0 fully saturated rings. The van der Waals surface area contributed by atoms with Crippen molar-refractivity contribution in [3.8, 4) is 11.1 Å². The number of rotatable bonds is 8. The highest BCUT2D eigenvalue weighted by molar-refractivity contribution is 6.30. The molecule has 0 unspecified atom stereocenters. The maximum Gasteiger partial charge on any atom is 0.340 e. The standard InChI is InChI=1S/C31H39ClN4O3/c1-10-38-30(37)28(39-31(6,7)8)25-20(5)34-29-24(26(25)22-11-13-23(32)14-12-22)19(4)27(18(2)3)36(29)17-21-15-33-35(9)16-21/h11-16,18,28H,10,17H2,1-9H3/t28-/m0/s1. The van der Waals surface area contributed by atoms with E-state index in [1.54, 1.807) is 6.92 Å².